The minimum atomic E-state index is 0.0887. The Balaban J connectivity index is 1.98. The molecule has 0 saturated heterocycles. The first-order chi connectivity index (χ1) is 11.4. The normalized spacial score (nSPS) is 13.1. The Kier molecular flexibility index (Phi) is 7.51. The maximum atomic E-state index is 12.3. The first kappa shape index (κ1) is 19.7. The number of hydrogen-bond donors (Lipinski definition) is 0. The van der Waals surface area contributed by atoms with E-state index in [1.807, 2.05) is 6.20 Å². The van der Waals surface area contributed by atoms with E-state index in [1.54, 1.807) is 23.0 Å². The number of halogens is 1. The second-order valence-electron chi connectivity index (χ2n) is 6.94. The summed E-state index contributed by atoms with van der Waals surface area (Å²) in [7, 11) is 1.80. The van der Waals surface area contributed by atoms with Crippen LogP contribution in [0, 0.1) is 11.8 Å². The van der Waals surface area contributed by atoms with Gasteiger partial charge in [-0.15, -0.1) is 11.3 Å². The summed E-state index contributed by atoms with van der Waals surface area (Å²) in [6.45, 7) is 8.32. The lowest BCUT2D eigenvalue weighted by Gasteiger charge is -2.14. The molecule has 0 aliphatic rings. The minimum absolute atomic E-state index is 0.0887. The summed E-state index contributed by atoms with van der Waals surface area (Å²) in [6, 6.07) is 2.09. The SMILES string of the molecule is CCC(CCCOCC(C)C)Cc1cc2c(=O)n(C)cc(Br)c2s1. The van der Waals surface area contributed by atoms with Crippen LogP contribution < -0.4 is 5.56 Å². The van der Waals surface area contributed by atoms with Gasteiger partial charge in [-0.05, 0) is 53.1 Å². The quantitative estimate of drug-likeness (QED) is 0.516. The lowest BCUT2D eigenvalue weighted by molar-refractivity contribution is 0.103. The summed E-state index contributed by atoms with van der Waals surface area (Å²) in [5.74, 6) is 1.26. The average Bonchev–Trinajstić information content (AvgIpc) is 2.95. The maximum Gasteiger partial charge on any atom is 0.259 e. The Bertz CT molecular complexity index is 720. The Morgan fingerprint density at radius 1 is 1.38 bits per heavy atom. The van der Waals surface area contributed by atoms with E-state index in [1.165, 1.54) is 11.3 Å². The summed E-state index contributed by atoms with van der Waals surface area (Å²) in [5.41, 5.74) is 0.0887. The van der Waals surface area contributed by atoms with Gasteiger partial charge >= 0.3 is 0 Å². The third-order valence-electron chi connectivity index (χ3n) is 4.28. The van der Waals surface area contributed by atoms with Crippen molar-refractivity contribution < 1.29 is 4.74 Å². The predicted molar refractivity (Wildman–Crippen MR) is 107 cm³/mol. The first-order valence-electron chi connectivity index (χ1n) is 8.77. The topological polar surface area (TPSA) is 31.2 Å². The molecule has 0 radical (unpaired) electrons. The van der Waals surface area contributed by atoms with Crippen LogP contribution >= 0.6 is 27.3 Å². The van der Waals surface area contributed by atoms with Crippen molar-refractivity contribution in [2.75, 3.05) is 13.2 Å². The lowest BCUT2D eigenvalue weighted by atomic mass is 9.96. The Hall–Kier alpha value is -0.650. The fourth-order valence-electron chi connectivity index (χ4n) is 2.88. The van der Waals surface area contributed by atoms with Crippen molar-refractivity contribution in [2.45, 2.75) is 46.5 Å². The average molecular weight is 414 g/mol. The largest absolute Gasteiger partial charge is 0.381 e. The van der Waals surface area contributed by atoms with E-state index in [2.05, 4.69) is 42.8 Å². The molecule has 2 aromatic rings. The highest BCUT2D eigenvalue weighted by Gasteiger charge is 2.14. The van der Waals surface area contributed by atoms with Crippen LogP contribution in [-0.2, 0) is 18.2 Å². The van der Waals surface area contributed by atoms with E-state index in [-0.39, 0.29) is 5.56 Å². The van der Waals surface area contributed by atoms with E-state index in [0.29, 0.717) is 11.8 Å². The molecule has 0 bridgehead atoms. The van der Waals surface area contributed by atoms with E-state index in [4.69, 9.17) is 4.74 Å². The Labute approximate surface area is 157 Å². The van der Waals surface area contributed by atoms with Crippen molar-refractivity contribution >= 4 is 37.4 Å². The number of hydrogen-bond acceptors (Lipinski definition) is 3. The summed E-state index contributed by atoms with van der Waals surface area (Å²) >= 11 is 5.33. The highest BCUT2D eigenvalue weighted by Crippen LogP contribution is 2.32. The monoisotopic (exact) mass is 413 g/mol. The zero-order valence-electron chi connectivity index (χ0n) is 15.1. The van der Waals surface area contributed by atoms with E-state index < -0.39 is 0 Å². The van der Waals surface area contributed by atoms with Gasteiger partial charge in [0.05, 0.1) is 14.6 Å². The second kappa shape index (κ2) is 9.16. The number of aromatic nitrogens is 1. The smallest absolute Gasteiger partial charge is 0.259 e. The van der Waals surface area contributed by atoms with Crippen LogP contribution in [-0.4, -0.2) is 17.8 Å². The van der Waals surface area contributed by atoms with Crippen LogP contribution in [0.15, 0.2) is 21.5 Å². The fourth-order valence-corrected chi connectivity index (χ4v) is 4.81. The molecule has 2 aromatic heterocycles. The Morgan fingerprint density at radius 2 is 2.12 bits per heavy atom. The second-order valence-corrected chi connectivity index (χ2v) is 8.93. The number of pyridine rings is 1. The van der Waals surface area contributed by atoms with Crippen LogP contribution in [0.2, 0.25) is 0 Å². The van der Waals surface area contributed by atoms with Gasteiger partial charge in [-0.3, -0.25) is 4.79 Å². The van der Waals surface area contributed by atoms with Crippen molar-refractivity contribution in [1.82, 2.24) is 4.57 Å². The molecule has 3 nitrogen and oxygen atoms in total. The number of nitrogens with zero attached hydrogens (tertiary/aromatic N) is 1. The van der Waals surface area contributed by atoms with Gasteiger partial charge in [-0.25, -0.2) is 0 Å². The van der Waals surface area contributed by atoms with E-state index >= 15 is 0 Å². The molecular weight excluding hydrogens is 386 g/mol. The van der Waals surface area contributed by atoms with Gasteiger partial charge in [0.25, 0.3) is 5.56 Å². The molecule has 1 atom stereocenters. The molecule has 1 unspecified atom stereocenters. The molecule has 0 N–H and O–H groups in total. The molecule has 2 heterocycles. The molecule has 0 aromatic carbocycles. The standard InChI is InChI=1S/C19H28BrNO2S/c1-5-14(7-6-8-23-12-13(2)3)9-15-10-16-18(24-15)17(20)11-21(4)19(16)22/h10-11,13-14H,5-9,12H2,1-4H3. The molecule has 0 fully saturated rings. The van der Waals surface area contributed by atoms with Gasteiger partial charge in [0, 0.05) is 31.3 Å². The molecule has 5 heteroatoms. The van der Waals surface area contributed by atoms with Gasteiger partial charge < -0.3 is 9.30 Å². The predicted octanol–water partition coefficient (Wildman–Crippen LogP) is 5.38. The highest BCUT2D eigenvalue weighted by atomic mass is 79.9. The minimum Gasteiger partial charge on any atom is -0.381 e. The van der Waals surface area contributed by atoms with Crippen molar-refractivity contribution in [1.29, 1.82) is 0 Å². The molecule has 2 rings (SSSR count). The third-order valence-corrected chi connectivity index (χ3v) is 6.33. The number of rotatable bonds is 9. The maximum absolute atomic E-state index is 12.3. The van der Waals surface area contributed by atoms with Gasteiger partial charge in [0.15, 0.2) is 0 Å². The molecule has 0 spiro atoms. The number of thiophene rings is 1. The summed E-state index contributed by atoms with van der Waals surface area (Å²) < 4.78 is 9.41. The molecule has 0 amide bonds. The molecule has 0 aliphatic heterocycles. The van der Waals surface area contributed by atoms with Crippen molar-refractivity contribution in [3.63, 3.8) is 0 Å². The molecule has 24 heavy (non-hydrogen) atoms. The number of ether oxygens (including phenoxy) is 1. The molecule has 0 saturated carbocycles. The van der Waals surface area contributed by atoms with E-state index in [0.717, 1.165) is 47.0 Å². The Morgan fingerprint density at radius 3 is 2.79 bits per heavy atom. The van der Waals surface area contributed by atoms with Crippen LogP contribution in [0.3, 0.4) is 0 Å². The molecule has 134 valence electrons. The van der Waals surface area contributed by atoms with Crippen molar-refractivity contribution in [3.8, 4) is 0 Å². The lowest BCUT2D eigenvalue weighted by Crippen LogP contribution is -2.15. The molecule has 0 aliphatic carbocycles. The van der Waals surface area contributed by atoms with Crippen LogP contribution in [0.25, 0.3) is 10.1 Å². The van der Waals surface area contributed by atoms with Gasteiger partial charge in [-0.2, -0.15) is 0 Å². The summed E-state index contributed by atoms with van der Waals surface area (Å²) in [6.07, 6.45) is 6.37. The van der Waals surface area contributed by atoms with Gasteiger partial charge in [-0.1, -0.05) is 27.2 Å². The number of aryl methyl sites for hydroxylation is 1. The highest BCUT2D eigenvalue weighted by molar-refractivity contribution is 9.10. The van der Waals surface area contributed by atoms with Crippen molar-refractivity contribution in [2.24, 2.45) is 18.9 Å². The third kappa shape index (κ3) is 5.17. The fraction of sp³-hybridized carbons (Fsp3) is 0.632. The first-order valence-corrected chi connectivity index (χ1v) is 10.4. The molecular formula is C19H28BrNO2S. The zero-order valence-corrected chi connectivity index (χ0v) is 17.5. The van der Waals surface area contributed by atoms with Crippen molar-refractivity contribution in [3.05, 3.63) is 32.0 Å². The number of fused-ring (bicyclic) bond motifs is 1. The van der Waals surface area contributed by atoms with Gasteiger partial charge in [0.1, 0.15) is 0 Å². The summed E-state index contributed by atoms with van der Waals surface area (Å²) in [5, 5.41) is 0.835. The van der Waals surface area contributed by atoms with Crippen LogP contribution in [0.1, 0.15) is 44.9 Å². The van der Waals surface area contributed by atoms with Gasteiger partial charge in [0.2, 0.25) is 0 Å². The van der Waals surface area contributed by atoms with E-state index in [9.17, 15) is 4.79 Å². The summed E-state index contributed by atoms with van der Waals surface area (Å²) in [4.78, 5) is 13.6. The van der Waals surface area contributed by atoms with Crippen LogP contribution in [0.4, 0.5) is 0 Å². The zero-order chi connectivity index (χ0) is 17.7. The van der Waals surface area contributed by atoms with Crippen LogP contribution in [0.5, 0.6) is 0 Å².